The number of amides is 1. The fourth-order valence-corrected chi connectivity index (χ4v) is 6.11. The number of nitrogens with zero attached hydrogens (tertiary/aromatic N) is 4. The summed E-state index contributed by atoms with van der Waals surface area (Å²) in [6.45, 7) is 6.97. The summed E-state index contributed by atoms with van der Waals surface area (Å²) in [5.41, 5.74) is 0.818. The first kappa shape index (κ1) is 30.1. The number of anilines is 1. The molecular weight excluding hydrogens is 559 g/mol. The van der Waals surface area contributed by atoms with Crippen molar-refractivity contribution >= 4 is 33.3 Å². The van der Waals surface area contributed by atoms with Crippen molar-refractivity contribution in [3.05, 3.63) is 70.3 Å². The fourth-order valence-electron chi connectivity index (χ4n) is 6.11. The summed E-state index contributed by atoms with van der Waals surface area (Å²) in [6, 6.07) is 13.0. The number of rotatable bonds is 11. The Morgan fingerprint density at radius 3 is 2.57 bits per heavy atom. The minimum Gasteiger partial charge on any atom is -0.450 e. The van der Waals surface area contributed by atoms with Crippen LogP contribution in [0.5, 0.6) is 11.5 Å². The van der Waals surface area contributed by atoms with Gasteiger partial charge in [0.05, 0.1) is 11.1 Å². The number of hydrogen-bond acceptors (Lipinski definition) is 7. The number of benzene rings is 3. The number of carbonyl (C=O) groups excluding carboxylic acids is 1. The molecule has 0 spiro atoms. The van der Waals surface area contributed by atoms with Crippen molar-refractivity contribution in [1.82, 2.24) is 24.6 Å². The Balaban J connectivity index is 1.35. The van der Waals surface area contributed by atoms with Crippen molar-refractivity contribution in [1.29, 1.82) is 0 Å². The fraction of sp³-hybridized carbons (Fsp3) is 0.412. The zero-order valence-corrected chi connectivity index (χ0v) is 25.8. The van der Waals surface area contributed by atoms with Crippen molar-refractivity contribution in [2.75, 3.05) is 78.8 Å². The molecule has 0 aliphatic carbocycles. The quantitative estimate of drug-likeness (QED) is 0.216. The zero-order valence-electron chi connectivity index (χ0n) is 25.8. The molecule has 1 fully saturated rings. The maximum atomic E-state index is 15.9. The molecule has 1 aromatic heterocycles. The SMILES string of the molecule is CN(C)CCCCNC(=O)c1cn2c3c(c(NCCCN4CCN(C)CC4)c(F)cc3c1=O)Oc1c-2ccc2ccccc12. The van der Waals surface area contributed by atoms with Crippen LogP contribution < -0.4 is 20.8 Å². The van der Waals surface area contributed by atoms with Gasteiger partial charge >= 0.3 is 0 Å². The van der Waals surface area contributed by atoms with Crippen LogP contribution in [0.3, 0.4) is 0 Å². The lowest BCUT2D eigenvalue weighted by atomic mass is 10.0. The molecule has 1 amide bonds. The number of pyridine rings is 1. The number of carbonyl (C=O) groups is 1. The summed E-state index contributed by atoms with van der Waals surface area (Å²) in [7, 11) is 6.15. The molecule has 9 nitrogen and oxygen atoms in total. The number of nitrogens with one attached hydrogen (secondary N) is 2. The number of ether oxygens (including phenoxy) is 1. The molecule has 3 heterocycles. The Morgan fingerprint density at radius 2 is 1.77 bits per heavy atom. The molecule has 0 unspecified atom stereocenters. The van der Waals surface area contributed by atoms with Gasteiger partial charge in [-0.3, -0.25) is 9.59 Å². The summed E-state index contributed by atoms with van der Waals surface area (Å²) >= 11 is 0. The van der Waals surface area contributed by atoms with Crippen molar-refractivity contribution in [2.24, 2.45) is 0 Å². The predicted octanol–water partition coefficient (Wildman–Crippen LogP) is 4.51. The number of unbranched alkanes of at least 4 members (excludes halogenated alkanes) is 1. The monoisotopic (exact) mass is 600 g/mol. The highest BCUT2D eigenvalue weighted by atomic mass is 19.1. The molecule has 0 atom stereocenters. The van der Waals surface area contributed by atoms with Gasteiger partial charge in [0.25, 0.3) is 5.91 Å². The van der Waals surface area contributed by atoms with Crippen LogP contribution in [0, 0.1) is 5.82 Å². The number of fused-ring (bicyclic) bond motifs is 4. The molecule has 0 saturated carbocycles. The zero-order chi connectivity index (χ0) is 30.8. The minimum absolute atomic E-state index is 0.0237. The Hall–Kier alpha value is -3.99. The van der Waals surface area contributed by atoms with E-state index in [0.29, 0.717) is 30.0 Å². The van der Waals surface area contributed by atoms with Gasteiger partial charge in [-0.15, -0.1) is 0 Å². The Kier molecular flexibility index (Phi) is 8.83. The lowest BCUT2D eigenvalue weighted by Crippen LogP contribution is -2.44. The normalized spacial score (nSPS) is 15.0. The van der Waals surface area contributed by atoms with Gasteiger partial charge < -0.3 is 34.6 Å². The molecule has 0 bridgehead atoms. The third-order valence-corrected chi connectivity index (χ3v) is 8.63. The van der Waals surface area contributed by atoms with Crippen LogP contribution in [0.2, 0.25) is 0 Å². The number of halogens is 1. The van der Waals surface area contributed by atoms with Crippen LogP contribution in [0.25, 0.3) is 27.4 Å². The Morgan fingerprint density at radius 1 is 0.977 bits per heavy atom. The third kappa shape index (κ3) is 6.02. The van der Waals surface area contributed by atoms with Gasteiger partial charge in [0.1, 0.15) is 16.8 Å². The lowest BCUT2D eigenvalue weighted by Gasteiger charge is -2.32. The first-order chi connectivity index (χ1) is 21.3. The molecule has 2 aliphatic heterocycles. The van der Waals surface area contributed by atoms with Crippen LogP contribution in [-0.2, 0) is 0 Å². The van der Waals surface area contributed by atoms with Crippen molar-refractivity contribution < 1.29 is 13.9 Å². The third-order valence-electron chi connectivity index (χ3n) is 8.63. The lowest BCUT2D eigenvalue weighted by molar-refractivity contribution is 0.0951. The van der Waals surface area contributed by atoms with Crippen molar-refractivity contribution in [2.45, 2.75) is 19.3 Å². The number of hydrogen-bond donors (Lipinski definition) is 2. The molecule has 44 heavy (non-hydrogen) atoms. The van der Waals surface area contributed by atoms with E-state index in [1.54, 1.807) is 6.20 Å². The summed E-state index contributed by atoms with van der Waals surface area (Å²) < 4.78 is 24.2. The van der Waals surface area contributed by atoms with Gasteiger partial charge in [0.15, 0.2) is 17.3 Å². The second kappa shape index (κ2) is 12.9. The minimum atomic E-state index is -0.583. The van der Waals surface area contributed by atoms with Crippen LogP contribution in [-0.4, -0.2) is 98.7 Å². The van der Waals surface area contributed by atoms with E-state index >= 15 is 4.39 Å². The molecule has 3 aromatic carbocycles. The van der Waals surface area contributed by atoms with Gasteiger partial charge in [-0.25, -0.2) is 4.39 Å². The first-order valence-electron chi connectivity index (χ1n) is 15.5. The van der Waals surface area contributed by atoms with Crippen LogP contribution in [0.15, 0.2) is 53.5 Å². The molecule has 4 aromatic rings. The number of likely N-dealkylation sites (N-methyl/N-ethyl adjacent to an activating group) is 1. The van der Waals surface area contributed by atoms with E-state index in [4.69, 9.17) is 4.74 Å². The maximum Gasteiger partial charge on any atom is 0.256 e. The van der Waals surface area contributed by atoms with Gasteiger partial charge in [0, 0.05) is 50.9 Å². The van der Waals surface area contributed by atoms with E-state index in [2.05, 4.69) is 32.4 Å². The summed E-state index contributed by atoms with van der Waals surface area (Å²) in [5.74, 6) is -0.231. The highest BCUT2D eigenvalue weighted by Crippen LogP contribution is 2.47. The van der Waals surface area contributed by atoms with E-state index in [-0.39, 0.29) is 22.4 Å². The summed E-state index contributed by atoms with van der Waals surface area (Å²) in [6.07, 6.45) is 4.12. The molecule has 1 saturated heterocycles. The molecular formula is C34H41FN6O3. The van der Waals surface area contributed by atoms with Gasteiger partial charge in [-0.1, -0.05) is 30.3 Å². The second-order valence-corrected chi connectivity index (χ2v) is 12.1. The van der Waals surface area contributed by atoms with Gasteiger partial charge in [-0.2, -0.15) is 0 Å². The first-order valence-corrected chi connectivity index (χ1v) is 15.5. The predicted molar refractivity (Wildman–Crippen MR) is 174 cm³/mol. The van der Waals surface area contributed by atoms with Crippen LogP contribution in [0.4, 0.5) is 10.1 Å². The topological polar surface area (TPSA) is 82.1 Å². The van der Waals surface area contributed by atoms with E-state index in [1.807, 2.05) is 55.1 Å². The Labute approximate surface area is 257 Å². The molecule has 2 N–H and O–H groups in total. The van der Waals surface area contributed by atoms with Crippen LogP contribution >= 0.6 is 0 Å². The average Bonchev–Trinajstić information content (AvgIpc) is 3.01. The van der Waals surface area contributed by atoms with Gasteiger partial charge in [0.2, 0.25) is 5.43 Å². The highest BCUT2D eigenvalue weighted by molar-refractivity contribution is 6.03. The largest absolute Gasteiger partial charge is 0.450 e. The van der Waals surface area contributed by atoms with E-state index < -0.39 is 17.2 Å². The number of piperazine rings is 1. The second-order valence-electron chi connectivity index (χ2n) is 12.1. The molecule has 2 aliphatic rings. The standard InChI is InChI=1S/C34H41FN6O3/c1-38(2)15-7-6-13-37-34(43)26-22-41-28-12-11-23-9-4-5-10-24(23)32(28)44-33-29(27(35)21-25(30(33)41)31(26)42)36-14-8-16-40-19-17-39(3)18-20-40/h4-5,9-12,21-22,36H,6-8,13-20H2,1-3H3,(H,37,43). The summed E-state index contributed by atoms with van der Waals surface area (Å²) in [4.78, 5) is 33.8. The molecule has 232 valence electrons. The molecule has 0 radical (unpaired) electrons. The average molecular weight is 601 g/mol. The maximum absolute atomic E-state index is 15.9. The summed E-state index contributed by atoms with van der Waals surface area (Å²) in [5, 5.41) is 8.12. The smallest absolute Gasteiger partial charge is 0.256 e. The van der Waals surface area contributed by atoms with Crippen molar-refractivity contribution in [3.8, 4) is 17.2 Å². The van der Waals surface area contributed by atoms with Crippen LogP contribution in [0.1, 0.15) is 29.6 Å². The van der Waals surface area contributed by atoms with E-state index in [9.17, 15) is 9.59 Å². The van der Waals surface area contributed by atoms with E-state index in [0.717, 1.165) is 69.3 Å². The molecule has 10 heteroatoms. The van der Waals surface area contributed by atoms with E-state index in [1.165, 1.54) is 6.07 Å². The molecule has 6 rings (SSSR count). The Bertz CT molecular complexity index is 1750. The highest BCUT2D eigenvalue weighted by Gasteiger charge is 2.29. The van der Waals surface area contributed by atoms with Crippen molar-refractivity contribution in [3.63, 3.8) is 0 Å². The number of aromatic nitrogens is 1. The van der Waals surface area contributed by atoms with Gasteiger partial charge in [-0.05, 0) is 71.0 Å².